The van der Waals surface area contributed by atoms with Gasteiger partial charge in [-0.2, -0.15) is 0 Å². The number of amides is 3. The van der Waals surface area contributed by atoms with Crippen LogP contribution in [0.2, 0.25) is 0 Å². The Labute approximate surface area is 239 Å². The molecule has 0 spiro atoms. The van der Waals surface area contributed by atoms with E-state index in [1.807, 2.05) is 60.7 Å². The van der Waals surface area contributed by atoms with Gasteiger partial charge in [0.05, 0.1) is 13.4 Å². The van der Waals surface area contributed by atoms with Crippen molar-refractivity contribution in [2.24, 2.45) is 0 Å². The fourth-order valence-electron chi connectivity index (χ4n) is 4.06. The van der Waals surface area contributed by atoms with Crippen LogP contribution in [0, 0.1) is 0 Å². The van der Waals surface area contributed by atoms with Gasteiger partial charge >= 0.3 is 12.1 Å². The molecule has 3 rings (SSSR count). The molecule has 0 aliphatic heterocycles. The van der Waals surface area contributed by atoms with Crippen molar-refractivity contribution in [1.29, 1.82) is 0 Å². The lowest BCUT2D eigenvalue weighted by atomic mass is 10.0. The van der Waals surface area contributed by atoms with Crippen LogP contribution in [0.1, 0.15) is 37.6 Å². The van der Waals surface area contributed by atoms with E-state index in [0.717, 1.165) is 11.1 Å². The fourth-order valence-corrected chi connectivity index (χ4v) is 4.06. The molecule has 0 unspecified atom stereocenters. The Morgan fingerprint density at radius 3 is 1.76 bits per heavy atom. The first-order valence-corrected chi connectivity index (χ1v) is 13.3. The largest absolute Gasteiger partial charge is 0.467 e. The van der Waals surface area contributed by atoms with Crippen LogP contribution < -0.4 is 16.0 Å². The molecule has 11 heteroatoms. The predicted octanol–water partition coefficient (Wildman–Crippen LogP) is 2.47. The normalized spacial score (nSPS) is 13.3. The molecule has 41 heavy (non-hydrogen) atoms. The summed E-state index contributed by atoms with van der Waals surface area (Å²) in [7, 11) is 1.23. The first kappa shape index (κ1) is 30.9. The first-order valence-electron chi connectivity index (χ1n) is 13.3. The smallest absolute Gasteiger partial charge is 0.408 e. The van der Waals surface area contributed by atoms with Gasteiger partial charge in [-0.3, -0.25) is 9.59 Å². The second kappa shape index (κ2) is 14.6. The number of carbonyl (C=O) groups excluding carboxylic acids is 4. The number of methoxy groups -OCH3 is 1. The zero-order valence-corrected chi connectivity index (χ0v) is 23.7. The van der Waals surface area contributed by atoms with Crippen molar-refractivity contribution in [1.82, 2.24) is 25.9 Å². The molecule has 3 aromatic rings. The maximum atomic E-state index is 13.6. The van der Waals surface area contributed by atoms with Gasteiger partial charge in [0, 0.05) is 31.2 Å². The second-order valence-electron chi connectivity index (χ2n) is 10.5. The van der Waals surface area contributed by atoms with Gasteiger partial charge in [-0.15, -0.1) is 0 Å². The number of H-pyrrole nitrogens is 1. The number of imidazole rings is 1. The SMILES string of the molecule is COC(=O)[C@H](Cc1cnc[nH]1)NC(=O)[C@H](Cc1ccccc1)NC(=O)[C@H](Cc1ccccc1)NC(=O)OC(C)(C)C. The summed E-state index contributed by atoms with van der Waals surface area (Å²) in [6.07, 6.45) is 2.66. The molecule has 0 saturated heterocycles. The van der Waals surface area contributed by atoms with E-state index >= 15 is 0 Å². The van der Waals surface area contributed by atoms with E-state index < -0.39 is 47.6 Å². The summed E-state index contributed by atoms with van der Waals surface area (Å²) >= 11 is 0. The Hall–Kier alpha value is -4.67. The quantitative estimate of drug-likeness (QED) is 0.247. The van der Waals surface area contributed by atoms with Crippen LogP contribution in [0.3, 0.4) is 0 Å². The van der Waals surface area contributed by atoms with Crippen molar-refractivity contribution in [2.75, 3.05) is 7.11 Å². The number of aromatic amines is 1. The topological polar surface area (TPSA) is 152 Å². The number of aromatic nitrogens is 2. The number of hydrogen-bond donors (Lipinski definition) is 4. The van der Waals surface area contributed by atoms with E-state index in [1.54, 1.807) is 27.0 Å². The summed E-state index contributed by atoms with van der Waals surface area (Å²) in [4.78, 5) is 59.2. The van der Waals surface area contributed by atoms with E-state index in [-0.39, 0.29) is 19.3 Å². The Balaban J connectivity index is 1.84. The maximum Gasteiger partial charge on any atom is 0.408 e. The van der Waals surface area contributed by atoms with Gasteiger partial charge in [0.25, 0.3) is 0 Å². The summed E-state index contributed by atoms with van der Waals surface area (Å²) in [6.45, 7) is 5.17. The van der Waals surface area contributed by atoms with Crippen molar-refractivity contribution in [3.8, 4) is 0 Å². The highest BCUT2D eigenvalue weighted by Gasteiger charge is 2.31. The molecule has 0 aliphatic carbocycles. The molecule has 3 amide bonds. The Kier molecular flexibility index (Phi) is 11.0. The number of rotatable bonds is 12. The van der Waals surface area contributed by atoms with Gasteiger partial charge in [0.2, 0.25) is 11.8 Å². The van der Waals surface area contributed by atoms with Gasteiger partial charge < -0.3 is 30.4 Å². The van der Waals surface area contributed by atoms with Gasteiger partial charge in [-0.25, -0.2) is 14.6 Å². The van der Waals surface area contributed by atoms with Crippen molar-refractivity contribution >= 4 is 23.9 Å². The van der Waals surface area contributed by atoms with Crippen molar-refractivity contribution < 1.29 is 28.7 Å². The Morgan fingerprint density at radius 2 is 1.29 bits per heavy atom. The highest BCUT2D eigenvalue weighted by molar-refractivity contribution is 5.93. The summed E-state index contributed by atoms with van der Waals surface area (Å²) < 4.78 is 10.3. The minimum absolute atomic E-state index is 0.112. The molecule has 218 valence electrons. The maximum absolute atomic E-state index is 13.6. The molecular formula is C30H37N5O6. The standard InChI is InChI=1S/C30H37N5O6/c1-30(2,3)41-29(39)35-24(16-21-13-9-6-10-14-21)27(37)33-23(15-20-11-7-5-8-12-20)26(36)34-25(28(38)40-4)17-22-18-31-19-32-22/h5-14,18-19,23-25H,15-17H2,1-4H3,(H,31,32)(H,33,37)(H,34,36)(H,35,39)/t23-,24-,25-/m0/s1. The van der Waals surface area contributed by atoms with Crippen molar-refractivity contribution in [3.05, 3.63) is 90.0 Å². The number of carbonyl (C=O) groups is 4. The monoisotopic (exact) mass is 563 g/mol. The summed E-state index contributed by atoms with van der Waals surface area (Å²) in [5.41, 5.74) is 1.44. The summed E-state index contributed by atoms with van der Waals surface area (Å²) in [5, 5.41) is 8.12. The zero-order chi connectivity index (χ0) is 29.8. The lowest BCUT2D eigenvalue weighted by Crippen LogP contribution is -2.57. The number of ether oxygens (including phenoxy) is 2. The van der Waals surface area contributed by atoms with E-state index in [1.165, 1.54) is 13.4 Å². The lowest BCUT2D eigenvalue weighted by molar-refractivity contribution is -0.145. The number of benzene rings is 2. The predicted molar refractivity (Wildman–Crippen MR) is 152 cm³/mol. The van der Waals surface area contributed by atoms with Gasteiger partial charge in [0.15, 0.2) is 0 Å². The Morgan fingerprint density at radius 1 is 0.780 bits per heavy atom. The second-order valence-corrected chi connectivity index (χ2v) is 10.5. The number of hydrogen-bond acceptors (Lipinski definition) is 7. The van der Waals surface area contributed by atoms with Crippen molar-refractivity contribution in [2.45, 2.75) is 63.8 Å². The summed E-state index contributed by atoms with van der Waals surface area (Å²) in [6, 6.07) is 15.2. The molecule has 2 aromatic carbocycles. The molecule has 0 aliphatic rings. The van der Waals surface area contributed by atoms with E-state index in [4.69, 9.17) is 9.47 Å². The van der Waals surface area contributed by atoms with Crippen LogP contribution in [0.4, 0.5) is 4.79 Å². The number of alkyl carbamates (subject to hydrolysis) is 1. The average Bonchev–Trinajstić information content (AvgIpc) is 3.44. The molecule has 3 atom stereocenters. The molecule has 1 heterocycles. The lowest BCUT2D eigenvalue weighted by Gasteiger charge is -2.26. The van der Waals surface area contributed by atoms with Crippen LogP contribution in [-0.2, 0) is 43.1 Å². The molecule has 0 bridgehead atoms. The van der Waals surface area contributed by atoms with E-state index in [2.05, 4.69) is 25.9 Å². The van der Waals surface area contributed by atoms with Gasteiger partial charge in [-0.1, -0.05) is 60.7 Å². The third kappa shape index (κ3) is 10.4. The van der Waals surface area contributed by atoms with Crippen molar-refractivity contribution in [3.63, 3.8) is 0 Å². The van der Waals surface area contributed by atoms with Crippen LogP contribution in [0.5, 0.6) is 0 Å². The summed E-state index contributed by atoms with van der Waals surface area (Å²) in [5.74, 6) is -1.82. The Bertz CT molecular complexity index is 1280. The molecule has 4 N–H and O–H groups in total. The minimum atomic E-state index is -1.07. The van der Waals surface area contributed by atoms with Crippen LogP contribution in [-0.4, -0.2) is 64.7 Å². The average molecular weight is 564 g/mol. The molecule has 0 fully saturated rings. The highest BCUT2D eigenvalue weighted by Crippen LogP contribution is 2.11. The number of nitrogens with zero attached hydrogens (tertiary/aromatic N) is 1. The number of nitrogens with one attached hydrogen (secondary N) is 4. The van der Waals surface area contributed by atoms with Gasteiger partial charge in [-0.05, 0) is 31.9 Å². The fraction of sp³-hybridized carbons (Fsp3) is 0.367. The van der Waals surface area contributed by atoms with E-state index in [0.29, 0.717) is 5.69 Å². The van der Waals surface area contributed by atoms with Crippen LogP contribution in [0.25, 0.3) is 0 Å². The van der Waals surface area contributed by atoms with Crippen LogP contribution >= 0.6 is 0 Å². The minimum Gasteiger partial charge on any atom is -0.467 e. The molecule has 0 radical (unpaired) electrons. The molecular weight excluding hydrogens is 526 g/mol. The van der Waals surface area contributed by atoms with Gasteiger partial charge in [0.1, 0.15) is 23.7 Å². The third-order valence-electron chi connectivity index (χ3n) is 5.99. The van der Waals surface area contributed by atoms with E-state index in [9.17, 15) is 19.2 Å². The zero-order valence-electron chi connectivity index (χ0n) is 23.7. The first-order chi connectivity index (χ1) is 19.5. The molecule has 11 nitrogen and oxygen atoms in total. The molecule has 0 saturated carbocycles. The highest BCUT2D eigenvalue weighted by atomic mass is 16.6. The third-order valence-corrected chi connectivity index (χ3v) is 5.99. The molecule has 1 aromatic heterocycles. The van der Waals surface area contributed by atoms with Crippen LogP contribution in [0.15, 0.2) is 73.2 Å². The number of esters is 1.